The van der Waals surface area contributed by atoms with Gasteiger partial charge in [0.25, 0.3) is 5.91 Å². The van der Waals surface area contributed by atoms with E-state index in [2.05, 4.69) is 0 Å². The summed E-state index contributed by atoms with van der Waals surface area (Å²) in [6.07, 6.45) is 0. The molecule has 0 spiro atoms. The minimum absolute atomic E-state index is 0.0235. The van der Waals surface area contributed by atoms with Gasteiger partial charge in [-0.2, -0.15) is 0 Å². The number of aromatic hydroxyl groups is 1. The molecule has 20 heavy (non-hydrogen) atoms. The zero-order chi connectivity index (χ0) is 14.9. The summed E-state index contributed by atoms with van der Waals surface area (Å²) in [5.74, 6) is -3.67. The lowest BCUT2D eigenvalue weighted by atomic mass is 10.0. The van der Waals surface area contributed by atoms with Crippen LogP contribution in [0.15, 0.2) is 18.2 Å². The molecule has 0 aromatic heterocycles. The average molecular weight is 283 g/mol. The van der Waals surface area contributed by atoms with E-state index < -0.39 is 29.7 Å². The highest BCUT2D eigenvalue weighted by molar-refractivity contribution is 5.95. The highest BCUT2D eigenvalue weighted by Gasteiger charge is 2.39. The standard InChI is InChI=1S/C13H14FNO5/c1-15(11-6-20-5-9(11)13(18)19)12(17)8-3-2-7(16)4-10(8)14/h2-4,9,11,16H,5-6H2,1H3,(H,18,19). The first kappa shape index (κ1) is 14.3. The van der Waals surface area contributed by atoms with Gasteiger partial charge >= 0.3 is 5.97 Å². The summed E-state index contributed by atoms with van der Waals surface area (Å²) < 4.78 is 18.7. The number of carbonyl (C=O) groups is 2. The van der Waals surface area contributed by atoms with Crippen LogP contribution in [-0.2, 0) is 9.53 Å². The summed E-state index contributed by atoms with van der Waals surface area (Å²) in [7, 11) is 1.41. The summed E-state index contributed by atoms with van der Waals surface area (Å²) in [6.45, 7) is 0.120. The molecular formula is C13H14FNO5. The molecule has 1 amide bonds. The Balaban J connectivity index is 2.22. The summed E-state index contributed by atoms with van der Waals surface area (Å²) in [4.78, 5) is 24.4. The molecule has 1 aliphatic rings. The number of ether oxygens (including phenoxy) is 1. The van der Waals surface area contributed by atoms with E-state index in [1.54, 1.807) is 0 Å². The van der Waals surface area contributed by atoms with E-state index in [9.17, 15) is 14.0 Å². The molecule has 2 unspecified atom stereocenters. The highest BCUT2D eigenvalue weighted by atomic mass is 19.1. The summed E-state index contributed by atoms with van der Waals surface area (Å²) in [5, 5.41) is 18.2. The van der Waals surface area contributed by atoms with Gasteiger partial charge in [-0.3, -0.25) is 9.59 Å². The van der Waals surface area contributed by atoms with Gasteiger partial charge in [0.2, 0.25) is 0 Å². The fourth-order valence-electron chi connectivity index (χ4n) is 2.18. The molecule has 2 rings (SSSR count). The van der Waals surface area contributed by atoms with Crippen LogP contribution in [0.4, 0.5) is 4.39 Å². The maximum absolute atomic E-state index is 13.6. The average Bonchev–Trinajstić information content (AvgIpc) is 2.86. The van der Waals surface area contributed by atoms with Gasteiger partial charge in [-0.05, 0) is 12.1 Å². The van der Waals surface area contributed by atoms with E-state index in [4.69, 9.17) is 14.9 Å². The van der Waals surface area contributed by atoms with Crippen LogP contribution in [0.3, 0.4) is 0 Å². The molecule has 1 heterocycles. The van der Waals surface area contributed by atoms with E-state index in [0.717, 1.165) is 12.1 Å². The number of carbonyl (C=O) groups excluding carboxylic acids is 1. The smallest absolute Gasteiger partial charge is 0.311 e. The maximum Gasteiger partial charge on any atom is 0.311 e. The number of hydrogen-bond donors (Lipinski definition) is 2. The van der Waals surface area contributed by atoms with Gasteiger partial charge in [0.15, 0.2) is 0 Å². The van der Waals surface area contributed by atoms with Crippen molar-refractivity contribution in [2.75, 3.05) is 20.3 Å². The lowest BCUT2D eigenvalue weighted by molar-refractivity contribution is -0.142. The van der Waals surface area contributed by atoms with Crippen molar-refractivity contribution in [1.82, 2.24) is 4.90 Å². The lowest BCUT2D eigenvalue weighted by Crippen LogP contribution is -2.44. The Kier molecular flexibility index (Phi) is 3.89. The Bertz CT molecular complexity index is 548. The molecule has 1 aromatic rings. The predicted octanol–water partition coefficient (Wildman–Crippen LogP) is 0.703. The molecule has 0 radical (unpaired) electrons. The second-order valence-electron chi connectivity index (χ2n) is 4.63. The number of phenols is 1. The first-order chi connectivity index (χ1) is 9.41. The number of amides is 1. The molecule has 1 saturated heterocycles. The number of benzene rings is 1. The largest absolute Gasteiger partial charge is 0.508 e. The number of nitrogens with zero attached hydrogens (tertiary/aromatic N) is 1. The second kappa shape index (κ2) is 5.46. The van der Waals surface area contributed by atoms with E-state index >= 15 is 0 Å². The van der Waals surface area contributed by atoms with Crippen molar-refractivity contribution < 1.29 is 28.9 Å². The molecule has 0 saturated carbocycles. The van der Waals surface area contributed by atoms with Gasteiger partial charge in [0.1, 0.15) is 17.5 Å². The Hall–Kier alpha value is -2.15. The Morgan fingerprint density at radius 3 is 2.70 bits per heavy atom. The van der Waals surface area contributed by atoms with E-state index in [0.29, 0.717) is 0 Å². The van der Waals surface area contributed by atoms with Crippen molar-refractivity contribution in [3.63, 3.8) is 0 Å². The molecule has 2 atom stereocenters. The van der Waals surface area contributed by atoms with Crippen molar-refractivity contribution in [2.24, 2.45) is 5.92 Å². The molecule has 1 aromatic carbocycles. The van der Waals surface area contributed by atoms with Gasteiger partial charge in [0, 0.05) is 13.1 Å². The van der Waals surface area contributed by atoms with E-state index in [1.807, 2.05) is 0 Å². The zero-order valence-corrected chi connectivity index (χ0v) is 10.7. The summed E-state index contributed by atoms with van der Waals surface area (Å²) >= 11 is 0. The van der Waals surface area contributed by atoms with Crippen LogP contribution in [0.25, 0.3) is 0 Å². The minimum Gasteiger partial charge on any atom is -0.508 e. The molecule has 108 valence electrons. The van der Waals surface area contributed by atoms with Crippen molar-refractivity contribution in [3.05, 3.63) is 29.6 Å². The first-order valence-electron chi connectivity index (χ1n) is 5.98. The third kappa shape index (κ3) is 2.57. The number of likely N-dealkylation sites (N-methyl/N-ethyl adjacent to an activating group) is 1. The van der Waals surface area contributed by atoms with Crippen LogP contribution >= 0.6 is 0 Å². The van der Waals surface area contributed by atoms with Crippen molar-refractivity contribution in [2.45, 2.75) is 6.04 Å². The van der Waals surface area contributed by atoms with Gasteiger partial charge in [-0.15, -0.1) is 0 Å². The third-order valence-electron chi connectivity index (χ3n) is 3.37. The molecule has 0 bridgehead atoms. The van der Waals surface area contributed by atoms with Gasteiger partial charge in [-0.25, -0.2) is 4.39 Å². The number of aliphatic carboxylic acids is 1. The van der Waals surface area contributed by atoms with Gasteiger partial charge in [-0.1, -0.05) is 0 Å². The first-order valence-corrected chi connectivity index (χ1v) is 5.98. The van der Waals surface area contributed by atoms with Crippen LogP contribution in [0, 0.1) is 11.7 Å². The van der Waals surface area contributed by atoms with Crippen molar-refractivity contribution >= 4 is 11.9 Å². The number of phenolic OH excluding ortho intramolecular Hbond substituents is 1. The third-order valence-corrected chi connectivity index (χ3v) is 3.37. The lowest BCUT2D eigenvalue weighted by Gasteiger charge is -2.26. The van der Waals surface area contributed by atoms with E-state index in [1.165, 1.54) is 18.0 Å². The molecule has 0 aliphatic carbocycles. The quantitative estimate of drug-likeness (QED) is 0.852. The summed E-state index contributed by atoms with van der Waals surface area (Å²) in [5.41, 5.74) is -0.221. The maximum atomic E-state index is 13.6. The molecule has 2 N–H and O–H groups in total. The normalized spacial score (nSPS) is 21.7. The van der Waals surface area contributed by atoms with Crippen LogP contribution in [0.5, 0.6) is 5.75 Å². The minimum atomic E-state index is -1.06. The van der Waals surface area contributed by atoms with Gasteiger partial charge in [0.05, 0.1) is 24.8 Å². The second-order valence-corrected chi connectivity index (χ2v) is 4.63. The van der Waals surface area contributed by atoms with Crippen LogP contribution < -0.4 is 0 Å². The fourth-order valence-corrected chi connectivity index (χ4v) is 2.18. The molecule has 6 nitrogen and oxygen atoms in total. The SMILES string of the molecule is CN(C(=O)c1ccc(O)cc1F)C1COCC1C(=O)O. The number of carboxylic acid groups (broad SMARTS) is 1. The topological polar surface area (TPSA) is 87.1 Å². The molecule has 1 fully saturated rings. The van der Waals surface area contributed by atoms with Crippen LogP contribution in [-0.4, -0.2) is 53.3 Å². The monoisotopic (exact) mass is 283 g/mol. The van der Waals surface area contributed by atoms with Crippen LogP contribution in [0.1, 0.15) is 10.4 Å². The molecule has 1 aliphatic heterocycles. The fraction of sp³-hybridized carbons (Fsp3) is 0.385. The Morgan fingerprint density at radius 2 is 2.10 bits per heavy atom. The summed E-state index contributed by atoms with van der Waals surface area (Å²) in [6, 6.07) is 2.55. The number of rotatable bonds is 3. The number of halogens is 1. The Morgan fingerprint density at radius 1 is 1.40 bits per heavy atom. The van der Waals surface area contributed by atoms with Crippen molar-refractivity contribution in [1.29, 1.82) is 0 Å². The van der Waals surface area contributed by atoms with Crippen molar-refractivity contribution in [3.8, 4) is 5.75 Å². The van der Waals surface area contributed by atoms with Crippen LogP contribution in [0.2, 0.25) is 0 Å². The number of carboxylic acids is 1. The number of hydrogen-bond acceptors (Lipinski definition) is 4. The zero-order valence-electron chi connectivity index (χ0n) is 10.7. The Labute approximate surface area is 114 Å². The predicted molar refractivity (Wildman–Crippen MR) is 65.9 cm³/mol. The molecule has 7 heteroatoms. The highest BCUT2D eigenvalue weighted by Crippen LogP contribution is 2.22. The van der Waals surface area contributed by atoms with E-state index in [-0.39, 0.29) is 24.5 Å². The molecular weight excluding hydrogens is 269 g/mol. The van der Waals surface area contributed by atoms with Gasteiger partial charge < -0.3 is 19.8 Å².